The summed E-state index contributed by atoms with van der Waals surface area (Å²) < 4.78 is 5.95. The van der Waals surface area contributed by atoms with E-state index in [9.17, 15) is 29.4 Å². The summed E-state index contributed by atoms with van der Waals surface area (Å²) in [6.07, 6.45) is 5.46. The Kier molecular flexibility index (Phi) is 5.13. The number of carboxylic acid groups (broad SMARTS) is 1. The molecule has 7 nitrogen and oxygen atoms in total. The topological polar surface area (TPSA) is 118 Å². The lowest BCUT2D eigenvalue weighted by atomic mass is 9.44. The Labute approximate surface area is 191 Å². The van der Waals surface area contributed by atoms with Gasteiger partial charge in [0.1, 0.15) is 6.61 Å². The summed E-state index contributed by atoms with van der Waals surface area (Å²) in [5.74, 6) is -1.23. The third-order valence-corrected chi connectivity index (χ3v) is 10.5. The Morgan fingerprint density at radius 2 is 1.94 bits per heavy atom. The van der Waals surface area contributed by atoms with Crippen LogP contribution in [0.15, 0.2) is 11.6 Å². The van der Waals surface area contributed by atoms with Crippen LogP contribution in [0.2, 0.25) is 0 Å². The number of fused-ring (bicyclic) bond motifs is 3. The molecule has 2 N–H and O–H groups in total. The van der Waals surface area contributed by atoms with Crippen molar-refractivity contribution in [1.82, 2.24) is 0 Å². The van der Waals surface area contributed by atoms with Crippen LogP contribution in [0.3, 0.4) is 0 Å². The molecule has 32 heavy (non-hydrogen) atoms. The molecule has 6 aliphatic rings. The van der Waals surface area contributed by atoms with Crippen molar-refractivity contribution < 1.29 is 34.1 Å². The van der Waals surface area contributed by atoms with Gasteiger partial charge in [-0.25, -0.2) is 0 Å². The van der Waals surface area contributed by atoms with E-state index in [0.29, 0.717) is 44.9 Å². The smallest absolute Gasteiger partial charge is 0.315 e. The number of hydrogen-bond donors (Lipinski definition) is 2. The monoisotopic (exact) mass is 462 g/mol. The Balaban J connectivity index is 1.63. The number of esters is 1. The third kappa shape index (κ3) is 2.91. The number of rotatable bonds is 4. The fraction of sp³-hybridized carbons (Fsp3) is 0.750. The maximum Gasteiger partial charge on any atom is 0.315 e. The summed E-state index contributed by atoms with van der Waals surface area (Å²) in [7, 11) is 0. The number of carbonyl (C=O) groups is 4. The Morgan fingerprint density at radius 1 is 1.19 bits per heavy atom. The SMILES string of the molecule is CC(=O)S[C@H]1CC2=CC(=O)CC[C@@]23COC(=O)[C@]24CCC3[C@@H]1[C@@H]2CC[C@@]4(O)CCC(=O)O. The van der Waals surface area contributed by atoms with E-state index >= 15 is 0 Å². The number of aliphatic hydroxyl groups is 1. The number of aliphatic carboxylic acids is 1. The molecule has 3 saturated carbocycles. The maximum atomic E-state index is 13.7. The first-order chi connectivity index (χ1) is 15.1. The molecule has 0 amide bonds. The molecule has 6 rings (SSSR count). The standard InChI is InChI=1S/C24H30O7S/c1-13(25)32-18-11-14-10-15(26)2-6-22(14)12-31-21(29)24-9-4-16(22)20(18)17(24)3-7-23(24,30)8-5-19(27)28/h10,16-18,20,30H,2-9,11-12H2,1H3,(H,27,28)/t16?,17-,18-,20+,22+,23+,24-/m0/s1. The van der Waals surface area contributed by atoms with Crippen LogP contribution in [0.5, 0.6) is 0 Å². The summed E-state index contributed by atoms with van der Waals surface area (Å²) >= 11 is 1.30. The molecule has 0 radical (unpaired) electrons. The molecule has 0 aromatic heterocycles. The zero-order valence-electron chi connectivity index (χ0n) is 18.3. The molecular weight excluding hydrogens is 432 g/mol. The van der Waals surface area contributed by atoms with E-state index in [2.05, 4.69) is 0 Å². The van der Waals surface area contributed by atoms with Gasteiger partial charge in [0.15, 0.2) is 10.9 Å². The molecule has 2 saturated heterocycles. The fourth-order valence-corrected chi connectivity index (χ4v) is 9.38. The minimum Gasteiger partial charge on any atom is -0.481 e. The maximum absolute atomic E-state index is 13.7. The van der Waals surface area contributed by atoms with E-state index in [0.717, 1.165) is 5.57 Å². The number of hydrogen-bond acceptors (Lipinski definition) is 7. The van der Waals surface area contributed by atoms with Gasteiger partial charge in [-0.1, -0.05) is 17.3 Å². The molecule has 1 unspecified atom stereocenters. The van der Waals surface area contributed by atoms with Crippen molar-refractivity contribution in [2.45, 2.75) is 75.6 Å². The largest absolute Gasteiger partial charge is 0.481 e. The first-order valence-electron chi connectivity index (χ1n) is 11.7. The van der Waals surface area contributed by atoms with Crippen molar-refractivity contribution in [3.63, 3.8) is 0 Å². The quantitative estimate of drug-likeness (QED) is 0.613. The lowest BCUT2D eigenvalue weighted by molar-refractivity contribution is -0.211. The molecule has 4 aliphatic carbocycles. The van der Waals surface area contributed by atoms with E-state index in [1.807, 2.05) is 0 Å². The Hall–Kier alpha value is -1.67. The molecule has 174 valence electrons. The molecule has 0 aromatic carbocycles. The molecule has 5 fully saturated rings. The van der Waals surface area contributed by atoms with Crippen LogP contribution in [-0.2, 0) is 23.9 Å². The summed E-state index contributed by atoms with van der Waals surface area (Å²) in [6, 6.07) is 0. The minimum atomic E-state index is -1.41. The van der Waals surface area contributed by atoms with Crippen molar-refractivity contribution in [2.75, 3.05) is 6.61 Å². The molecule has 2 aliphatic heterocycles. The highest BCUT2D eigenvalue weighted by Crippen LogP contribution is 2.71. The zero-order chi connectivity index (χ0) is 22.9. The molecule has 2 heterocycles. The van der Waals surface area contributed by atoms with Crippen LogP contribution >= 0.6 is 11.8 Å². The van der Waals surface area contributed by atoms with Crippen LogP contribution in [0.25, 0.3) is 0 Å². The normalized spacial score (nSPS) is 44.6. The summed E-state index contributed by atoms with van der Waals surface area (Å²) in [4.78, 5) is 49.5. The van der Waals surface area contributed by atoms with Crippen LogP contribution < -0.4 is 0 Å². The van der Waals surface area contributed by atoms with E-state index in [1.54, 1.807) is 13.0 Å². The fourth-order valence-electron chi connectivity index (χ4n) is 8.16. The summed E-state index contributed by atoms with van der Waals surface area (Å²) in [5, 5.41) is 20.9. The first kappa shape index (κ1) is 22.1. The Morgan fingerprint density at radius 3 is 2.66 bits per heavy atom. The number of thioether (sulfide) groups is 1. The third-order valence-electron chi connectivity index (χ3n) is 9.36. The van der Waals surface area contributed by atoms with Crippen LogP contribution in [-0.4, -0.2) is 50.5 Å². The first-order valence-corrected chi connectivity index (χ1v) is 12.5. The average molecular weight is 463 g/mol. The predicted molar refractivity (Wildman–Crippen MR) is 116 cm³/mol. The summed E-state index contributed by atoms with van der Waals surface area (Å²) in [5.41, 5.74) is -1.87. The highest BCUT2D eigenvalue weighted by atomic mass is 32.2. The number of ketones is 1. The van der Waals surface area contributed by atoms with E-state index < -0.39 is 23.0 Å². The molecule has 7 atom stereocenters. The predicted octanol–water partition coefficient (Wildman–Crippen LogP) is 2.89. The average Bonchev–Trinajstić information content (AvgIpc) is 3.03. The van der Waals surface area contributed by atoms with Crippen molar-refractivity contribution in [1.29, 1.82) is 0 Å². The van der Waals surface area contributed by atoms with Crippen molar-refractivity contribution in [3.05, 3.63) is 11.6 Å². The number of carbonyl (C=O) groups excluding carboxylic acids is 3. The van der Waals surface area contributed by atoms with Crippen LogP contribution in [0.1, 0.15) is 64.7 Å². The van der Waals surface area contributed by atoms with E-state index in [1.165, 1.54) is 11.8 Å². The molecule has 4 bridgehead atoms. The van der Waals surface area contributed by atoms with Crippen LogP contribution in [0.4, 0.5) is 0 Å². The van der Waals surface area contributed by atoms with Gasteiger partial charge in [0, 0.05) is 30.4 Å². The second-order valence-electron chi connectivity index (χ2n) is 10.5. The van der Waals surface area contributed by atoms with Gasteiger partial charge in [-0.15, -0.1) is 0 Å². The van der Waals surface area contributed by atoms with Crippen LogP contribution in [0, 0.1) is 28.6 Å². The van der Waals surface area contributed by atoms with E-state index in [4.69, 9.17) is 4.74 Å². The van der Waals surface area contributed by atoms with Gasteiger partial charge in [0.2, 0.25) is 0 Å². The van der Waals surface area contributed by atoms with Gasteiger partial charge < -0.3 is 14.9 Å². The van der Waals surface area contributed by atoms with Crippen molar-refractivity contribution >= 4 is 34.6 Å². The highest BCUT2D eigenvalue weighted by Gasteiger charge is 2.73. The van der Waals surface area contributed by atoms with Gasteiger partial charge >= 0.3 is 11.9 Å². The van der Waals surface area contributed by atoms with Crippen molar-refractivity contribution in [2.24, 2.45) is 28.6 Å². The number of ether oxygens (including phenoxy) is 1. The molecule has 0 aromatic rings. The second-order valence-corrected chi connectivity index (χ2v) is 11.9. The van der Waals surface area contributed by atoms with Gasteiger partial charge in [-0.2, -0.15) is 0 Å². The molecule has 2 spiro atoms. The van der Waals surface area contributed by atoms with E-state index in [-0.39, 0.29) is 58.8 Å². The Bertz CT molecular complexity index is 927. The van der Waals surface area contributed by atoms with Crippen molar-refractivity contribution in [3.8, 4) is 0 Å². The molecular formula is C24H30O7S. The molecule has 8 heteroatoms. The van der Waals surface area contributed by atoms with Gasteiger partial charge in [0.05, 0.1) is 11.0 Å². The van der Waals surface area contributed by atoms with Gasteiger partial charge in [-0.3, -0.25) is 19.2 Å². The van der Waals surface area contributed by atoms with Gasteiger partial charge in [0.25, 0.3) is 0 Å². The summed E-state index contributed by atoms with van der Waals surface area (Å²) in [6.45, 7) is 1.75. The highest BCUT2D eigenvalue weighted by molar-refractivity contribution is 8.14. The zero-order valence-corrected chi connectivity index (χ0v) is 19.1. The lowest BCUT2D eigenvalue weighted by Crippen LogP contribution is -2.65. The minimum absolute atomic E-state index is 0.0129. The van der Waals surface area contributed by atoms with Gasteiger partial charge in [-0.05, 0) is 68.8 Å². The second kappa shape index (κ2) is 7.42. The lowest BCUT2D eigenvalue weighted by Gasteiger charge is -2.63. The number of carboxylic acids is 1.